The first-order chi connectivity index (χ1) is 7.71. The van der Waals surface area contributed by atoms with Crippen LogP contribution in [-0.4, -0.2) is 16.7 Å². The molecular weight excluding hydrogens is 218 g/mol. The molecule has 0 aromatic carbocycles. The zero-order chi connectivity index (χ0) is 13.2. The predicted molar refractivity (Wildman–Crippen MR) is 66.7 cm³/mol. The van der Waals surface area contributed by atoms with Crippen molar-refractivity contribution < 1.29 is 9.59 Å². The topological polar surface area (TPSA) is 85.1 Å². The van der Waals surface area contributed by atoms with E-state index in [2.05, 4.69) is 10.3 Å². The number of hydrogen-bond acceptors (Lipinski definition) is 4. The Bertz CT molecular complexity index is 461. The van der Waals surface area contributed by atoms with E-state index in [0.717, 1.165) is 0 Å². The van der Waals surface area contributed by atoms with Crippen molar-refractivity contribution in [3.8, 4) is 0 Å². The van der Waals surface area contributed by atoms with E-state index >= 15 is 0 Å². The Hall–Kier alpha value is -1.91. The lowest BCUT2D eigenvalue weighted by Gasteiger charge is -2.18. The average Bonchev–Trinajstić information content (AvgIpc) is 2.15. The fourth-order valence-corrected chi connectivity index (χ4v) is 1.15. The van der Waals surface area contributed by atoms with E-state index in [1.54, 1.807) is 26.8 Å². The molecular formula is C12H17N3O2. The van der Waals surface area contributed by atoms with Crippen molar-refractivity contribution in [3.63, 3.8) is 0 Å². The summed E-state index contributed by atoms with van der Waals surface area (Å²) in [5, 5.41) is 2.62. The first-order valence-corrected chi connectivity index (χ1v) is 5.30. The van der Waals surface area contributed by atoms with Gasteiger partial charge in [0.25, 0.3) is 0 Å². The van der Waals surface area contributed by atoms with Gasteiger partial charge in [-0.1, -0.05) is 20.8 Å². The van der Waals surface area contributed by atoms with E-state index < -0.39 is 5.41 Å². The van der Waals surface area contributed by atoms with Gasteiger partial charge in [-0.25, -0.2) is 4.98 Å². The molecule has 1 aromatic heterocycles. The summed E-state index contributed by atoms with van der Waals surface area (Å²) in [5.41, 5.74) is 5.34. The van der Waals surface area contributed by atoms with Gasteiger partial charge in [0.2, 0.25) is 5.91 Å². The molecule has 0 bridgehead atoms. The Morgan fingerprint density at radius 3 is 2.35 bits per heavy atom. The first-order valence-electron chi connectivity index (χ1n) is 5.30. The third kappa shape index (κ3) is 3.27. The molecule has 3 N–H and O–H groups in total. The van der Waals surface area contributed by atoms with E-state index in [1.165, 1.54) is 13.0 Å². The minimum atomic E-state index is -0.555. The van der Waals surface area contributed by atoms with Gasteiger partial charge in [0.15, 0.2) is 5.78 Å². The minimum Gasteiger partial charge on any atom is -0.384 e. The Morgan fingerprint density at radius 1 is 1.29 bits per heavy atom. The van der Waals surface area contributed by atoms with Crippen molar-refractivity contribution in [3.05, 3.63) is 17.7 Å². The van der Waals surface area contributed by atoms with Gasteiger partial charge >= 0.3 is 0 Å². The Labute approximate surface area is 100 Å². The highest BCUT2D eigenvalue weighted by Crippen LogP contribution is 2.20. The highest BCUT2D eigenvalue weighted by Gasteiger charge is 2.23. The summed E-state index contributed by atoms with van der Waals surface area (Å²) < 4.78 is 0. The van der Waals surface area contributed by atoms with Crippen LogP contribution in [0.2, 0.25) is 0 Å². The lowest BCUT2D eigenvalue weighted by atomic mass is 9.95. The molecule has 92 valence electrons. The van der Waals surface area contributed by atoms with Gasteiger partial charge < -0.3 is 11.1 Å². The van der Waals surface area contributed by atoms with Crippen LogP contribution in [-0.2, 0) is 4.79 Å². The molecule has 1 rings (SSSR count). The van der Waals surface area contributed by atoms with Crippen LogP contribution >= 0.6 is 0 Å². The number of rotatable bonds is 2. The van der Waals surface area contributed by atoms with Crippen molar-refractivity contribution in [1.82, 2.24) is 4.98 Å². The number of carbonyl (C=O) groups is 2. The smallest absolute Gasteiger partial charge is 0.230 e. The largest absolute Gasteiger partial charge is 0.384 e. The number of nitrogens with one attached hydrogen (secondary N) is 1. The predicted octanol–water partition coefficient (Wildman–Crippen LogP) is 1.85. The molecule has 0 aliphatic heterocycles. The zero-order valence-electron chi connectivity index (χ0n) is 10.5. The third-order valence-electron chi connectivity index (χ3n) is 2.21. The molecule has 0 atom stereocenters. The second-order valence-electron chi connectivity index (χ2n) is 4.89. The van der Waals surface area contributed by atoms with Gasteiger partial charge in [-0.3, -0.25) is 9.59 Å². The summed E-state index contributed by atoms with van der Waals surface area (Å²) in [6.45, 7) is 6.76. The quantitative estimate of drug-likeness (QED) is 0.766. The Kier molecular flexibility index (Phi) is 3.50. The van der Waals surface area contributed by atoms with Crippen LogP contribution in [0.3, 0.4) is 0 Å². The van der Waals surface area contributed by atoms with Crippen LogP contribution in [0, 0.1) is 5.41 Å². The molecule has 0 aliphatic carbocycles. The molecule has 0 spiro atoms. The second kappa shape index (κ2) is 4.53. The highest BCUT2D eigenvalue weighted by atomic mass is 16.2. The van der Waals surface area contributed by atoms with E-state index in [1.807, 2.05) is 0 Å². The molecule has 1 heterocycles. The number of ketones is 1. The van der Waals surface area contributed by atoms with Crippen molar-refractivity contribution in [1.29, 1.82) is 0 Å². The summed E-state index contributed by atoms with van der Waals surface area (Å²) in [6, 6.07) is 3.09. The first kappa shape index (κ1) is 13.2. The minimum absolute atomic E-state index is 0.165. The van der Waals surface area contributed by atoms with Gasteiger partial charge in [0.05, 0.1) is 5.56 Å². The standard InChI is InChI=1S/C12H17N3O2/c1-7(16)8-5-6-9(13)14-10(8)15-11(17)12(2,3)4/h5-6H,1-4H3,(H3,13,14,15,17). The molecule has 1 aromatic rings. The third-order valence-corrected chi connectivity index (χ3v) is 2.21. The molecule has 0 saturated carbocycles. The van der Waals surface area contributed by atoms with Gasteiger partial charge in [-0.05, 0) is 19.1 Å². The summed E-state index contributed by atoms with van der Waals surface area (Å²) in [7, 11) is 0. The number of nitrogen functional groups attached to an aromatic ring is 1. The summed E-state index contributed by atoms with van der Waals surface area (Å²) in [5.74, 6) is 0.108. The fourth-order valence-electron chi connectivity index (χ4n) is 1.15. The van der Waals surface area contributed by atoms with E-state index in [9.17, 15) is 9.59 Å². The summed E-state index contributed by atoms with van der Waals surface area (Å²) in [6.07, 6.45) is 0. The number of aromatic nitrogens is 1. The number of anilines is 2. The monoisotopic (exact) mass is 235 g/mol. The number of nitrogens with two attached hydrogens (primary N) is 1. The molecule has 0 aliphatic rings. The number of carbonyl (C=O) groups excluding carboxylic acids is 2. The molecule has 0 unspecified atom stereocenters. The zero-order valence-corrected chi connectivity index (χ0v) is 10.5. The van der Waals surface area contributed by atoms with E-state index in [-0.39, 0.29) is 23.3 Å². The van der Waals surface area contributed by atoms with Crippen LogP contribution in [0.4, 0.5) is 11.6 Å². The molecule has 5 nitrogen and oxygen atoms in total. The van der Waals surface area contributed by atoms with Crippen LogP contribution in [0.1, 0.15) is 38.1 Å². The average molecular weight is 235 g/mol. The van der Waals surface area contributed by atoms with Gasteiger partial charge in [-0.15, -0.1) is 0 Å². The van der Waals surface area contributed by atoms with Crippen LogP contribution < -0.4 is 11.1 Å². The van der Waals surface area contributed by atoms with Crippen molar-refractivity contribution >= 4 is 23.3 Å². The number of hydrogen-bond donors (Lipinski definition) is 2. The number of pyridine rings is 1. The van der Waals surface area contributed by atoms with Crippen LogP contribution in [0.5, 0.6) is 0 Å². The number of amides is 1. The van der Waals surface area contributed by atoms with Gasteiger partial charge in [0, 0.05) is 5.41 Å². The molecule has 0 saturated heterocycles. The molecule has 0 fully saturated rings. The summed E-state index contributed by atoms with van der Waals surface area (Å²) in [4.78, 5) is 27.2. The lowest BCUT2D eigenvalue weighted by molar-refractivity contribution is -0.123. The van der Waals surface area contributed by atoms with Gasteiger partial charge in [0.1, 0.15) is 11.6 Å². The number of Topliss-reactive ketones (excluding diaryl/α,β-unsaturated/α-hetero) is 1. The van der Waals surface area contributed by atoms with E-state index in [0.29, 0.717) is 5.56 Å². The lowest BCUT2D eigenvalue weighted by Crippen LogP contribution is -2.29. The van der Waals surface area contributed by atoms with Crippen LogP contribution in [0.25, 0.3) is 0 Å². The van der Waals surface area contributed by atoms with Crippen LogP contribution in [0.15, 0.2) is 12.1 Å². The normalized spacial score (nSPS) is 11.1. The number of nitrogens with zero attached hydrogens (tertiary/aromatic N) is 1. The maximum absolute atomic E-state index is 11.8. The molecule has 5 heteroatoms. The van der Waals surface area contributed by atoms with Gasteiger partial charge in [-0.2, -0.15) is 0 Å². The maximum atomic E-state index is 11.8. The summed E-state index contributed by atoms with van der Waals surface area (Å²) >= 11 is 0. The second-order valence-corrected chi connectivity index (χ2v) is 4.89. The molecule has 0 radical (unpaired) electrons. The molecule has 1 amide bonds. The van der Waals surface area contributed by atoms with Crippen molar-refractivity contribution in [2.24, 2.45) is 5.41 Å². The van der Waals surface area contributed by atoms with Crippen molar-refractivity contribution in [2.45, 2.75) is 27.7 Å². The van der Waals surface area contributed by atoms with Crippen molar-refractivity contribution in [2.75, 3.05) is 11.1 Å². The molecule has 17 heavy (non-hydrogen) atoms. The Morgan fingerprint density at radius 2 is 1.88 bits per heavy atom. The fraction of sp³-hybridized carbons (Fsp3) is 0.417. The van der Waals surface area contributed by atoms with E-state index in [4.69, 9.17) is 5.73 Å². The SMILES string of the molecule is CC(=O)c1ccc(N)nc1NC(=O)C(C)(C)C. The Balaban J connectivity index is 3.09. The maximum Gasteiger partial charge on any atom is 0.230 e. The highest BCUT2D eigenvalue weighted by molar-refractivity contribution is 6.03.